The van der Waals surface area contributed by atoms with Crippen LogP contribution in [0.3, 0.4) is 0 Å². The first-order chi connectivity index (χ1) is 5.75. The molecule has 2 rings (SSSR count). The van der Waals surface area contributed by atoms with Gasteiger partial charge < -0.3 is 7.43 Å². The third kappa shape index (κ3) is 3.00. The molecule has 0 unspecified atom stereocenters. The van der Waals surface area contributed by atoms with Crippen LogP contribution in [0.1, 0.15) is 23.1 Å². The van der Waals surface area contributed by atoms with Gasteiger partial charge in [-0.25, -0.2) is 0 Å². The maximum Gasteiger partial charge on any atom is 0.137 e. The molecule has 2 heteroatoms. The van der Waals surface area contributed by atoms with Gasteiger partial charge in [0.05, 0.1) is 0 Å². The maximum absolute atomic E-state index is 11.1. The Labute approximate surface area is 111 Å². The van der Waals surface area contributed by atoms with Crippen molar-refractivity contribution in [1.82, 2.24) is 0 Å². The molecule has 0 heterocycles. The zero-order chi connectivity index (χ0) is 8.55. The minimum Gasteiger partial charge on any atom is -0.358 e. The number of benzene rings is 1. The summed E-state index contributed by atoms with van der Waals surface area (Å²) < 4.78 is 0. The first kappa shape index (κ1) is 14.0. The van der Waals surface area contributed by atoms with Crippen molar-refractivity contribution in [1.29, 1.82) is 0 Å². The van der Waals surface area contributed by atoms with Crippen LogP contribution in [-0.4, -0.2) is 5.78 Å². The molecule has 1 nitrogen and oxygen atoms in total. The number of ketones is 1. The minimum atomic E-state index is 0. The number of carbonyl (C=O) groups excluding carboxylic acids is 1. The van der Waals surface area contributed by atoms with Gasteiger partial charge in [0, 0.05) is 45.6 Å². The summed E-state index contributed by atoms with van der Waals surface area (Å²) in [6.07, 6.45) is 2.32. The Morgan fingerprint density at radius 1 is 1.14 bits per heavy atom. The molecule has 0 aliphatic heterocycles. The van der Waals surface area contributed by atoms with Gasteiger partial charge in [0.25, 0.3) is 0 Å². The molecule has 0 fully saturated rings. The van der Waals surface area contributed by atoms with Crippen LogP contribution in [0, 0.1) is 14.4 Å². The molecular weight excluding hydrogens is 249 g/mol. The summed E-state index contributed by atoms with van der Waals surface area (Å²) in [5, 5.41) is 0. The Balaban J connectivity index is 0.000000845. The Bertz CT molecular complexity index is 331. The molecule has 1 aromatic rings. The molecule has 1 aliphatic rings. The quantitative estimate of drug-likeness (QED) is 0.658. The molecule has 1 aliphatic carbocycles. The molecule has 0 bridgehead atoms. The van der Waals surface area contributed by atoms with E-state index in [0.29, 0.717) is 12.2 Å². The summed E-state index contributed by atoms with van der Waals surface area (Å²) in [5.74, 6) is 0.383. The molecule has 1 aromatic carbocycles. The molecule has 0 saturated heterocycles. The number of fused-ring (bicyclic) bond motifs is 1. The Hall–Kier alpha value is -0.00610. The van der Waals surface area contributed by atoms with E-state index >= 15 is 0 Å². The fourth-order valence-corrected chi connectivity index (χ4v) is 1.74. The molecule has 0 amide bonds. The number of hydrogen-bond donors (Lipinski definition) is 0. The fourth-order valence-electron chi connectivity index (χ4n) is 1.74. The zero-order valence-corrected chi connectivity index (χ0v) is 11.7. The summed E-state index contributed by atoms with van der Waals surface area (Å²) in [7, 11) is 0. The van der Waals surface area contributed by atoms with E-state index in [0.717, 1.165) is 12.8 Å². The van der Waals surface area contributed by atoms with Crippen molar-refractivity contribution in [3.05, 3.63) is 42.3 Å². The predicted octanol–water partition coefficient (Wildman–Crippen LogP) is 2.50. The van der Waals surface area contributed by atoms with Gasteiger partial charge in [-0.15, -0.1) is 0 Å². The minimum absolute atomic E-state index is 0. The summed E-state index contributed by atoms with van der Waals surface area (Å²) >= 11 is 0. The van der Waals surface area contributed by atoms with Gasteiger partial charge >= 0.3 is 0 Å². The molecule has 0 aromatic heterocycles. The van der Waals surface area contributed by atoms with E-state index in [-0.39, 0.29) is 40.1 Å². The smallest absolute Gasteiger partial charge is 0.137 e. The Morgan fingerprint density at radius 2 is 1.86 bits per heavy atom. The molecule has 0 saturated carbocycles. The number of rotatable bonds is 0. The summed E-state index contributed by atoms with van der Waals surface area (Å²) in [6.45, 7) is 2.07. The Kier molecular flexibility index (Phi) is 5.77. The first-order valence-corrected chi connectivity index (χ1v) is 4.36. The molecule has 14 heavy (non-hydrogen) atoms. The molecule has 0 atom stereocenters. The van der Waals surface area contributed by atoms with Crippen molar-refractivity contribution in [3.63, 3.8) is 0 Å². The van der Waals surface area contributed by atoms with Crippen LogP contribution in [0.5, 0.6) is 0 Å². The van der Waals surface area contributed by atoms with Gasteiger partial charge in [0.15, 0.2) is 0 Å². The number of Topliss-reactive ketones (excluding diaryl/α,β-unsaturated/α-hetero) is 1. The summed E-state index contributed by atoms with van der Waals surface area (Å²) in [5.41, 5.74) is 3.86. The van der Waals surface area contributed by atoms with Crippen molar-refractivity contribution in [2.75, 3.05) is 0 Å². The number of aryl methyl sites for hydroxylation is 2. The largest absolute Gasteiger partial charge is 0.358 e. The van der Waals surface area contributed by atoms with E-state index in [2.05, 4.69) is 25.1 Å². The van der Waals surface area contributed by atoms with Crippen molar-refractivity contribution >= 4 is 5.78 Å². The van der Waals surface area contributed by atoms with Crippen LogP contribution in [-0.2, 0) is 50.3 Å². The average molecular weight is 264 g/mol. The van der Waals surface area contributed by atoms with Gasteiger partial charge in [-0.1, -0.05) is 23.8 Å². The van der Waals surface area contributed by atoms with Gasteiger partial charge in [-0.2, -0.15) is 0 Å². The van der Waals surface area contributed by atoms with Crippen molar-refractivity contribution in [2.24, 2.45) is 0 Å². The second-order valence-electron chi connectivity index (χ2n) is 3.49. The predicted molar refractivity (Wildman–Crippen MR) is 54.6 cm³/mol. The average Bonchev–Trinajstić information content (AvgIpc) is 2.03. The standard InChI is InChI=1S/C11H12O.CH3.Y/c1-8-2-3-9-4-5-11(12)7-10(9)6-8;;/h2-3,6H,4-5,7H2,1H3;1H3;/q;-1;. The van der Waals surface area contributed by atoms with Crippen LogP contribution in [0.4, 0.5) is 0 Å². The third-order valence-corrected chi connectivity index (χ3v) is 2.42. The van der Waals surface area contributed by atoms with Gasteiger partial charge in [0.1, 0.15) is 5.78 Å². The van der Waals surface area contributed by atoms with Crippen LogP contribution in [0.2, 0.25) is 0 Å². The van der Waals surface area contributed by atoms with Crippen LogP contribution in [0.15, 0.2) is 18.2 Å². The topological polar surface area (TPSA) is 17.1 Å². The van der Waals surface area contributed by atoms with Crippen molar-refractivity contribution < 1.29 is 37.5 Å². The van der Waals surface area contributed by atoms with E-state index in [1.807, 2.05) is 0 Å². The van der Waals surface area contributed by atoms with E-state index in [9.17, 15) is 4.79 Å². The third-order valence-electron chi connectivity index (χ3n) is 2.42. The summed E-state index contributed by atoms with van der Waals surface area (Å²) in [4.78, 5) is 11.1. The van der Waals surface area contributed by atoms with E-state index in [4.69, 9.17) is 0 Å². The second kappa shape index (κ2) is 5.77. The van der Waals surface area contributed by atoms with E-state index < -0.39 is 0 Å². The monoisotopic (exact) mass is 264 g/mol. The maximum atomic E-state index is 11.1. The van der Waals surface area contributed by atoms with Crippen molar-refractivity contribution in [3.8, 4) is 0 Å². The Morgan fingerprint density at radius 3 is 2.57 bits per heavy atom. The SMILES string of the molecule is Cc1ccc2c(c1)CC(=O)CC2.[CH3-].[Y]. The van der Waals surface area contributed by atoms with Crippen molar-refractivity contribution in [2.45, 2.75) is 26.2 Å². The van der Waals surface area contributed by atoms with Gasteiger partial charge in [-0.3, -0.25) is 4.79 Å². The normalized spacial score (nSPS) is 13.6. The first-order valence-electron chi connectivity index (χ1n) is 4.36. The number of carbonyl (C=O) groups is 1. The van der Waals surface area contributed by atoms with Crippen LogP contribution < -0.4 is 0 Å². The van der Waals surface area contributed by atoms with Gasteiger partial charge in [0.2, 0.25) is 0 Å². The van der Waals surface area contributed by atoms with Crippen LogP contribution >= 0.6 is 0 Å². The van der Waals surface area contributed by atoms with E-state index in [1.54, 1.807) is 0 Å². The van der Waals surface area contributed by atoms with Gasteiger partial charge in [-0.05, 0) is 24.5 Å². The zero-order valence-electron chi connectivity index (χ0n) is 8.84. The fraction of sp³-hybridized carbons (Fsp3) is 0.333. The molecular formula is C12H15OY-. The summed E-state index contributed by atoms with van der Waals surface area (Å²) in [6, 6.07) is 6.40. The number of hydrogen-bond acceptors (Lipinski definition) is 1. The van der Waals surface area contributed by atoms with E-state index in [1.165, 1.54) is 16.7 Å². The molecule has 1 radical (unpaired) electrons. The molecule has 0 N–H and O–H groups in total. The second-order valence-corrected chi connectivity index (χ2v) is 3.49. The molecule has 73 valence electrons. The van der Waals surface area contributed by atoms with Crippen LogP contribution in [0.25, 0.3) is 0 Å². The molecule has 0 spiro atoms.